The molecule has 0 unspecified atom stereocenters. The van der Waals surface area contributed by atoms with Crippen molar-refractivity contribution in [1.82, 2.24) is 4.31 Å². The van der Waals surface area contributed by atoms with Crippen molar-refractivity contribution in [3.8, 4) is 0 Å². The molecule has 0 aliphatic carbocycles. The second-order valence-electron chi connectivity index (χ2n) is 5.05. The van der Waals surface area contributed by atoms with Crippen molar-refractivity contribution < 1.29 is 8.42 Å². The highest BCUT2D eigenvalue weighted by atomic mass is 35.5. The van der Waals surface area contributed by atoms with Crippen molar-refractivity contribution in [3.63, 3.8) is 0 Å². The van der Waals surface area contributed by atoms with Gasteiger partial charge in [-0.1, -0.05) is 45.0 Å². The Morgan fingerprint density at radius 3 is 2.42 bits per heavy atom. The topological polar surface area (TPSA) is 37.4 Å². The molecule has 19 heavy (non-hydrogen) atoms. The van der Waals surface area contributed by atoms with Crippen LogP contribution in [0.4, 0.5) is 0 Å². The Morgan fingerprint density at radius 1 is 1.26 bits per heavy atom. The Morgan fingerprint density at radius 2 is 1.89 bits per heavy atom. The van der Waals surface area contributed by atoms with Crippen LogP contribution in [0.25, 0.3) is 0 Å². The first kappa shape index (κ1) is 16.5. The molecular weight excluding hydrogens is 282 g/mol. The molecule has 1 aromatic rings. The maximum absolute atomic E-state index is 12.4. The van der Waals surface area contributed by atoms with E-state index in [2.05, 4.69) is 0 Å². The third-order valence-electron chi connectivity index (χ3n) is 2.81. The molecule has 0 aromatic heterocycles. The van der Waals surface area contributed by atoms with Gasteiger partial charge >= 0.3 is 0 Å². The predicted molar refractivity (Wildman–Crippen MR) is 80.7 cm³/mol. The smallest absolute Gasteiger partial charge is 0.212 e. The van der Waals surface area contributed by atoms with Crippen molar-refractivity contribution in [3.05, 3.63) is 35.4 Å². The van der Waals surface area contributed by atoms with Gasteiger partial charge in [0, 0.05) is 19.0 Å². The van der Waals surface area contributed by atoms with Crippen LogP contribution in [0.15, 0.2) is 24.3 Å². The van der Waals surface area contributed by atoms with E-state index < -0.39 is 10.0 Å². The lowest BCUT2D eigenvalue weighted by molar-refractivity contribution is 0.380. The van der Waals surface area contributed by atoms with E-state index in [4.69, 9.17) is 11.6 Å². The molecule has 0 aliphatic heterocycles. The number of benzene rings is 1. The lowest BCUT2D eigenvalue weighted by atomic mass is 10.2. The number of nitrogens with zero attached hydrogens (tertiary/aromatic N) is 1. The number of alkyl halides is 1. The van der Waals surface area contributed by atoms with Gasteiger partial charge in [-0.2, -0.15) is 0 Å². The van der Waals surface area contributed by atoms with Gasteiger partial charge in [0.25, 0.3) is 0 Å². The summed E-state index contributed by atoms with van der Waals surface area (Å²) in [6.07, 6.45) is 0. The molecule has 3 nitrogen and oxygen atoms in total. The second kappa shape index (κ2) is 7.27. The Bertz CT molecular complexity index is 500. The predicted octanol–water partition coefficient (Wildman–Crippen LogP) is 3.23. The fourth-order valence-corrected chi connectivity index (χ4v) is 3.82. The van der Waals surface area contributed by atoms with Gasteiger partial charge < -0.3 is 0 Å². The molecule has 0 amide bonds. The molecule has 0 saturated heterocycles. The molecule has 1 rings (SSSR count). The molecule has 0 aliphatic rings. The first-order valence-electron chi connectivity index (χ1n) is 6.50. The molecule has 0 spiro atoms. The third-order valence-corrected chi connectivity index (χ3v) is 5.01. The van der Waals surface area contributed by atoms with E-state index in [0.29, 0.717) is 24.9 Å². The van der Waals surface area contributed by atoms with Crippen LogP contribution in [0.3, 0.4) is 0 Å². The molecule has 0 bridgehead atoms. The van der Waals surface area contributed by atoms with Crippen LogP contribution >= 0.6 is 11.6 Å². The number of hydrogen-bond donors (Lipinski definition) is 0. The monoisotopic (exact) mass is 303 g/mol. The summed E-state index contributed by atoms with van der Waals surface area (Å²) >= 11 is 5.77. The van der Waals surface area contributed by atoms with Crippen molar-refractivity contribution in [2.24, 2.45) is 5.92 Å². The minimum absolute atomic E-state index is 0.0400. The SMILES string of the molecule is CCN(CC(C)C)S(=O)(=O)Cc1cccc(CCl)c1. The van der Waals surface area contributed by atoms with Crippen LogP contribution in [-0.2, 0) is 21.7 Å². The van der Waals surface area contributed by atoms with Gasteiger partial charge in [-0.05, 0) is 17.0 Å². The van der Waals surface area contributed by atoms with E-state index in [1.54, 1.807) is 4.31 Å². The average molecular weight is 304 g/mol. The summed E-state index contributed by atoms with van der Waals surface area (Å²) in [7, 11) is -3.26. The van der Waals surface area contributed by atoms with Crippen LogP contribution in [0.5, 0.6) is 0 Å². The summed E-state index contributed by atoms with van der Waals surface area (Å²) in [5.74, 6) is 0.763. The van der Waals surface area contributed by atoms with Crippen LogP contribution in [0.1, 0.15) is 31.9 Å². The van der Waals surface area contributed by atoms with Crippen LogP contribution in [0, 0.1) is 5.92 Å². The van der Waals surface area contributed by atoms with Crippen molar-refractivity contribution in [2.75, 3.05) is 13.1 Å². The van der Waals surface area contributed by atoms with E-state index in [1.807, 2.05) is 45.0 Å². The first-order valence-corrected chi connectivity index (χ1v) is 8.65. The maximum atomic E-state index is 12.4. The zero-order valence-corrected chi connectivity index (χ0v) is 13.3. The summed E-state index contributed by atoms with van der Waals surface area (Å²) < 4.78 is 26.3. The van der Waals surface area contributed by atoms with E-state index in [1.165, 1.54) is 0 Å². The van der Waals surface area contributed by atoms with Gasteiger partial charge in [-0.15, -0.1) is 11.6 Å². The number of sulfonamides is 1. The van der Waals surface area contributed by atoms with Gasteiger partial charge in [0.05, 0.1) is 5.75 Å². The standard InChI is InChI=1S/C14H22ClNO2S/c1-4-16(10-12(2)3)19(17,18)11-14-7-5-6-13(8-14)9-15/h5-8,12H,4,9-11H2,1-3H3. The van der Waals surface area contributed by atoms with Crippen LogP contribution in [0.2, 0.25) is 0 Å². The molecular formula is C14H22ClNO2S. The molecule has 0 radical (unpaired) electrons. The van der Waals surface area contributed by atoms with Crippen molar-refractivity contribution in [2.45, 2.75) is 32.4 Å². The van der Waals surface area contributed by atoms with Gasteiger partial charge in [-0.3, -0.25) is 0 Å². The minimum Gasteiger partial charge on any atom is -0.212 e. The average Bonchev–Trinajstić information content (AvgIpc) is 2.35. The molecule has 0 saturated carbocycles. The zero-order valence-electron chi connectivity index (χ0n) is 11.8. The lowest BCUT2D eigenvalue weighted by Gasteiger charge is -2.22. The van der Waals surface area contributed by atoms with Gasteiger partial charge in [0.15, 0.2) is 0 Å². The van der Waals surface area contributed by atoms with E-state index in [0.717, 1.165) is 11.1 Å². The molecule has 0 fully saturated rings. The van der Waals surface area contributed by atoms with Gasteiger partial charge in [0.2, 0.25) is 10.0 Å². The van der Waals surface area contributed by atoms with E-state index >= 15 is 0 Å². The summed E-state index contributed by atoms with van der Waals surface area (Å²) in [6.45, 7) is 6.98. The van der Waals surface area contributed by atoms with Crippen LogP contribution < -0.4 is 0 Å². The second-order valence-corrected chi connectivity index (χ2v) is 7.29. The van der Waals surface area contributed by atoms with Gasteiger partial charge in [-0.25, -0.2) is 12.7 Å². The summed E-state index contributed by atoms with van der Waals surface area (Å²) in [5, 5.41) is 0. The Labute approximate surface area is 121 Å². The van der Waals surface area contributed by atoms with E-state index in [-0.39, 0.29) is 5.75 Å². The Kier molecular flexibility index (Phi) is 6.30. The Hall–Kier alpha value is -0.580. The largest absolute Gasteiger partial charge is 0.218 e. The quantitative estimate of drug-likeness (QED) is 0.725. The molecule has 0 N–H and O–H groups in total. The molecule has 0 heterocycles. The summed E-state index contributed by atoms with van der Waals surface area (Å²) in [4.78, 5) is 0. The fraction of sp³-hybridized carbons (Fsp3) is 0.571. The molecule has 0 atom stereocenters. The minimum atomic E-state index is -3.26. The van der Waals surface area contributed by atoms with Crippen LogP contribution in [-0.4, -0.2) is 25.8 Å². The van der Waals surface area contributed by atoms with E-state index in [9.17, 15) is 8.42 Å². The highest BCUT2D eigenvalue weighted by Crippen LogP contribution is 2.15. The number of halogens is 1. The number of hydrogen-bond acceptors (Lipinski definition) is 2. The highest BCUT2D eigenvalue weighted by molar-refractivity contribution is 7.88. The highest BCUT2D eigenvalue weighted by Gasteiger charge is 2.21. The number of rotatable bonds is 7. The summed E-state index contributed by atoms with van der Waals surface area (Å²) in [6, 6.07) is 7.43. The molecule has 108 valence electrons. The molecule has 1 aromatic carbocycles. The zero-order chi connectivity index (χ0) is 14.5. The third kappa shape index (κ3) is 5.13. The van der Waals surface area contributed by atoms with Crippen molar-refractivity contribution >= 4 is 21.6 Å². The Balaban J connectivity index is 2.88. The fourth-order valence-electron chi connectivity index (χ4n) is 1.95. The van der Waals surface area contributed by atoms with Crippen molar-refractivity contribution in [1.29, 1.82) is 0 Å². The maximum Gasteiger partial charge on any atom is 0.218 e. The molecule has 5 heteroatoms. The summed E-state index contributed by atoms with van der Waals surface area (Å²) in [5.41, 5.74) is 1.74. The first-order chi connectivity index (χ1) is 8.89. The lowest BCUT2D eigenvalue weighted by Crippen LogP contribution is -2.34. The normalized spacial score (nSPS) is 12.3. The van der Waals surface area contributed by atoms with Gasteiger partial charge in [0.1, 0.15) is 0 Å².